The lowest BCUT2D eigenvalue weighted by Crippen LogP contribution is -2.64. The summed E-state index contributed by atoms with van der Waals surface area (Å²) in [7, 11) is 0. The molecular weight excluding hydrogens is 256 g/mol. The van der Waals surface area contributed by atoms with Gasteiger partial charge in [0.2, 0.25) is 0 Å². The fourth-order valence-electron chi connectivity index (χ4n) is 2.79. The minimum absolute atomic E-state index is 0.0201. The summed E-state index contributed by atoms with van der Waals surface area (Å²) in [5.74, 6) is 0.790. The summed E-state index contributed by atoms with van der Waals surface area (Å²) >= 11 is 0. The smallest absolute Gasteiger partial charge is 0.251 e. The molecule has 0 bridgehead atoms. The van der Waals surface area contributed by atoms with Crippen molar-refractivity contribution in [3.63, 3.8) is 0 Å². The van der Waals surface area contributed by atoms with Crippen LogP contribution in [0.1, 0.15) is 29.3 Å². The van der Waals surface area contributed by atoms with E-state index < -0.39 is 0 Å². The van der Waals surface area contributed by atoms with E-state index >= 15 is 0 Å². The quantitative estimate of drug-likeness (QED) is 0.855. The van der Waals surface area contributed by atoms with Gasteiger partial charge in [-0.25, -0.2) is 0 Å². The maximum absolute atomic E-state index is 12.3. The van der Waals surface area contributed by atoms with Crippen molar-refractivity contribution >= 4 is 5.91 Å². The normalized spacial score (nSPS) is 27.4. The third-order valence-electron chi connectivity index (χ3n) is 4.00. The van der Waals surface area contributed by atoms with Crippen molar-refractivity contribution in [2.24, 2.45) is 5.73 Å². The number of amides is 1. The van der Waals surface area contributed by atoms with Crippen LogP contribution in [0.5, 0.6) is 5.75 Å². The Morgan fingerprint density at radius 3 is 3.15 bits per heavy atom. The lowest BCUT2D eigenvalue weighted by atomic mass is 9.83. The van der Waals surface area contributed by atoms with Gasteiger partial charge in [-0.3, -0.25) is 4.79 Å². The summed E-state index contributed by atoms with van der Waals surface area (Å²) in [6.45, 7) is 3.28. The van der Waals surface area contributed by atoms with Crippen molar-refractivity contribution in [1.82, 2.24) is 5.32 Å². The minimum Gasteiger partial charge on any atom is -0.493 e. The van der Waals surface area contributed by atoms with Gasteiger partial charge in [0.15, 0.2) is 0 Å². The van der Waals surface area contributed by atoms with Gasteiger partial charge in [-0.2, -0.15) is 0 Å². The van der Waals surface area contributed by atoms with Crippen LogP contribution in [-0.4, -0.2) is 37.3 Å². The van der Waals surface area contributed by atoms with Crippen molar-refractivity contribution in [3.05, 3.63) is 29.3 Å². The number of hydrogen-bond donors (Lipinski definition) is 2. The molecule has 3 rings (SSSR count). The molecule has 5 nitrogen and oxygen atoms in total. The van der Waals surface area contributed by atoms with Crippen LogP contribution >= 0.6 is 0 Å². The average molecular weight is 276 g/mol. The number of nitrogens with two attached hydrogens (primary N) is 1. The van der Waals surface area contributed by atoms with E-state index in [0.29, 0.717) is 18.8 Å². The van der Waals surface area contributed by atoms with Gasteiger partial charge in [0.25, 0.3) is 5.91 Å². The summed E-state index contributed by atoms with van der Waals surface area (Å²) in [4.78, 5) is 12.3. The average Bonchev–Trinajstić information content (AvgIpc) is 2.91. The minimum atomic E-state index is -0.0930. The van der Waals surface area contributed by atoms with Gasteiger partial charge in [-0.05, 0) is 37.1 Å². The summed E-state index contributed by atoms with van der Waals surface area (Å²) in [5, 5.41) is 2.98. The Balaban J connectivity index is 1.67. The first-order valence-corrected chi connectivity index (χ1v) is 7.13. The number of nitrogens with one attached hydrogen (secondary N) is 1. The van der Waals surface area contributed by atoms with Crippen LogP contribution < -0.4 is 15.8 Å². The molecule has 1 saturated carbocycles. The van der Waals surface area contributed by atoms with Gasteiger partial charge in [-0.15, -0.1) is 0 Å². The molecule has 1 heterocycles. The number of carbonyl (C=O) groups is 1. The molecule has 1 aliphatic heterocycles. The highest BCUT2D eigenvalue weighted by molar-refractivity contribution is 5.95. The number of rotatable bonds is 4. The van der Waals surface area contributed by atoms with E-state index in [1.807, 2.05) is 19.1 Å². The number of fused-ring (bicyclic) bond motifs is 1. The number of benzene rings is 1. The molecular formula is C15H20N2O3. The second kappa shape index (κ2) is 5.42. The molecule has 3 N–H and O–H groups in total. The van der Waals surface area contributed by atoms with Crippen molar-refractivity contribution < 1.29 is 14.3 Å². The first-order valence-electron chi connectivity index (χ1n) is 7.13. The SMILES string of the molecule is CCOC1CC(N)C1NC(=O)c1ccc2c(c1)CCO2. The molecule has 5 heteroatoms. The molecule has 0 saturated heterocycles. The summed E-state index contributed by atoms with van der Waals surface area (Å²) in [6.07, 6.45) is 1.70. The maximum atomic E-state index is 12.3. The molecule has 20 heavy (non-hydrogen) atoms. The second-order valence-electron chi connectivity index (χ2n) is 5.31. The molecule has 1 fully saturated rings. The third kappa shape index (κ3) is 2.39. The van der Waals surface area contributed by atoms with Gasteiger partial charge >= 0.3 is 0 Å². The van der Waals surface area contributed by atoms with Crippen molar-refractivity contribution in [2.45, 2.75) is 38.0 Å². The second-order valence-corrected chi connectivity index (χ2v) is 5.31. The Kier molecular flexibility index (Phi) is 3.63. The van der Waals surface area contributed by atoms with Crippen LogP contribution in [0.2, 0.25) is 0 Å². The highest BCUT2D eigenvalue weighted by Crippen LogP contribution is 2.27. The van der Waals surface area contributed by atoms with Gasteiger partial charge in [0, 0.05) is 24.6 Å². The zero-order chi connectivity index (χ0) is 14.1. The lowest BCUT2D eigenvalue weighted by molar-refractivity contribution is -0.0300. The highest BCUT2D eigenvalue weighted by atomic mass is 16.5. The number of hydrogen-bond acceptors (Lipinski definition) is 4. The van der Waals surface area contributed by atoms with Crippen LogP contribution in [0.3, 0.4) is 0 Å². The molecule has 2 aliphatic rings. The molecule has 3 atom stereocenters. The van der Waals surface area contributed by atoms with E-state index in [9.17, 15) is 4.79 Å². The Bertz CT molecular complexity index is 516. The van der Waals surface area contributed by atoms with Crippen molar-refractivity contribution in [2.75, 3.05) is 13.2 Å². The van der Waals surface area contributed by atoms with E-state index in [0.717, 1.165) is 24.2 Å². The first-order chi connectivity index (χ1) is 9.69. The monoisotopic (exact) mass is 276 g/mol. The molecule has 1 aliphatic carbocycles. The van der Waals surface area contributed by atoms with E-state index in [-0.39, 0.29) is 24.1 Å². The van der Waals surface area contributed by atoms with Crippen LogP contribution in [0.15, 0.2) is 18.2 Å². The third-order valence-corrected chi connectivity index (χ3v) is 4.00. The van der Waals surface area contributed by atoms with Crippen LogP contribution in [0.4, 0.5) is 0 Å². The maximum Gasteiger partial charge on any atom is 0.251 e. The Morgan fingerprint density at radius 2 is 2.40 bits per heavy atom. The highest BCUT2D eigenvalue weighted by Gasteiger charge is 2.40. The Hall–Kier alpha value is -1.59. The molecule has 108 valence electrons. The lowest BCUT2D eigenvalue weighted by Gasteiger charge is -2.42. The first kappa shape index (κ1) is 13.4. The number of carbonyl (C=O) groups excluding carboxylic acids is 1. The molecule has 1 aromatic carbocycles. The molecule has 1 amide bonds. The molecule has 1 aromatic rings. The van der Waals surface area contributed by atoms with Gasteiger partial charge in [0.1, 0.15) is 5.75 Å². The summed E-state index contributed by atoms with van der Waals surface area (Å²) in [6, 6.07) is 5.44. The van der Waals surface area contributed by atoms with Gasteiger partial charge < -0.3 is 20.5 Å². The van der Waals surface area contributed by atoms with E-state index in [4.69, 9.17) is 15.2 Å². The summed E-state index contributed by atoms with van der Waals surface area (Å²) in [5.41, 5.74) is 7.70. The molecule has 0 aromatic heterocycles. The van der Waals surface area contributed by atoms with E-state index in [1.165, 1.54) is 0 Å². The van der Waals surface area contributed by atoms with E-state index in [2.05, 4.69) is 5.32 Å². The Labute approximate surface area is 118 Å². The van der Waals surface area contributed by atoms with Crippen molar-refractivity contribution in [3.8, 4) is 5.75 Å². The topological polar surface area (TPSA) is 73.6 Å². The van der Waals surface area contributed by atoms with Gasteiger partial charge in [-0.1, -0.05) is 0 Å². The van der Waals surface area contributed by atoms with Crippen LogP contribution in [0, 0.1) is 0 Å². The predicted octanol–water partition coefficient (Wildman–Crippen LogP) is 0.856. The van der Waals surface area contributed by atoms with Gasteiger partial charge in [0.05, 0.1) is 18.8 Å². The molecule has 0 spiro atoms. The molecule has 0 radical (unpaired) electrons. The zero-order valence-electron chi connectivity index (χ0n) is 11.6. The fourth-order valence-corrected chi connectivity index (χ4v) is 2.79. The van der Waals surface area contributed by atoms with E-state index in [1.54, 1.807) is 6.07 Å². The zero-order valence-corrected chi connectivity index (χ0v) is 11.6. The largest absolute Gasteiger partial charge is 0.493 e. The van der Waals surface area contributed by atoms with Crippen molar-refractivity contribution in [1.29, 1.82) is 0 Å². The van der Waals surface area contributed by atoms with Crippen LogP contribution in [-0.2, 0) is 11.2 Å². The standard InChI is InChI=1S/C15H20N2O3/c1-2-19-13-8-11(16)14(13)17-15(18)10-3-4-12-9(7-10)5-6-20-12/h3-4,7,11,13-14H,2,5-6,8,16H2,1H3,(H,17,18). The Morgan fingerprint density at radius 1 is 1.55 bits per heavy atom. The summed E-state index contributed by atoms with van der Waals surface area (Å²) < 4.78 is 11.0. The molecule has 3 unspecified atom stereocenters. The number of ether oxygens (including phenoxy) is 2. The predicted molar refractivity (Wildman–Crippen MR) is 74.9 cm³/mol. The fraction of sp³-hybridized carbons (Fsp3) is 0.533. The van der Waals surface area contributed by atoms with Crippen LogP contribution in [0.25, 0.3) is 0 Å².